The minimum Gasteiger partial charge on any atom is -0.320 e. The molecule has 4 rings (SSSR count). The van der Waals surface area contributed by atoms with Crippen molar-refractivity contribution in [1.29, 1.82) is 0 Å². The van der Waals surface area contributed by atoms with Crippen LogP contribution in [0, 0.1) is 5.82 Å². The summed E-state index contributed by atoms with van der Waals surface area (Å²) in [5.41, 5.74) is 4.42. The Labute approximate surface area is 185 Å². The average Bonchev–Trinajstić information content (AvgIpc) is 3.17. The average molecular weight is 459 g/mol. The predicted octanol–water partition coefficient (Wildman–Crippen LogP) is 3.13. The molecule has 2 aliphatic heterocycles. The normalized spacial score (nSPS) is 15.8. The number of rotatable bonds is 3. The summed E-state index contributed by atoms with van der Waals surface area (Å²) in [5, 5.41) is 2.86. The molecule has 10 heteroatoms. The molecule has 168 valence electrons. The number of carbonyl (C=O) groups is 2. The van der Waals surface area contributed by atoms with Crippen LogP contribution in [0.25, 0.3) is 5.57 Å². The number of nitrogens with zero attached hydrogens (tertiary/aromatic N) is 2. The molecule has 0 fully saturated rings. The molecule has 0 spiro atoms. The fourth-order valence-corrected chi connectivity index (χ4v) is 4.26. The van der Waals surface area contributed by atoms with E-state index in [9.17, 15) is 22.4 Å². The maximum atomic E-state index is 13.4. The molecule has 2 N–H and O–H groups in total. The number of hydrogen-bond acceptors (Lipinski definition) is 4. The van der Waals surface area contributed by atoms with Crippen LogP contribution in [0.2, 0.25) is 0 Å². The molecular weight excluding hydrogens is 435 g/mol. The van der Waals surface area contributed by atoms with Gasteiger partial charge < -0.3 is 15.1 Å². The molecule has 0 aromatic heterocycles. The highest BCUT2D eigenvalue weighted by molar-refractivity contribution is 7.89. The van der Waals surface area contributed by atoms with Crippen LogP contribution in [0.5, 0.6) is 0 Å². The first-order valence-corrected chi connectivity index (χ1v) is 12.0. The van der Waals surface area contributed by atoms with E-state index >= 15 is 0 Å². The van der Waals surface area contributed by atoms with Gasteiger partial charge in [0.25, 0.3) is 0 Å². The van der Waals surface area contributed by atoms with E-state index in [4.69, 9.17) is 0 Å². The molecule has 32 heavy (non-hydrogen) atoms. The van der Waals surface area contributed by atoms with Crippen molar-refractivity contribution in [3.8, 4) is 0 Å². The second kappa shape index (κ2) is 8.62. The molecule has 2 aromatic rings. The zero-order valence-corrected chi connectivity index (χ0v) is 18.3. The number of carbonyl (C=O) groups excluding carboxylic acids is 2. The number of nitrogens with one attached hydrogen (secondary N) is 2. The topological polar surface area (TPSA) is 98.8 Å². The van der Waals surface area contributed by atoms with Gasteiger partial charge in [-0.05, 0) is 52.9 Å². The third-order valence-corrected chi connectivity index (χ3v) is 6.00. The number of hydrogen-bond donors (Lipinski definition) is 2. The highest BCUT2D eigenvalue weighted by Crippen LogP contribution is 2.26. The number of amides is 4. The van der Waals surface area contributed by atoms with Gasteiger partial charge in [0, 0.05) is 31.9 Å². The second-order valence-electron chi connectivity index (χ2n) is 7.88. The molecular formula is C22H23FN4O4S. The summed E-state index contributed by atoms with van der Waals surface area (Å²) in [5.74, 6) is -0.308. The molecule has 2 heterocycles. The van der Waals surface area contributed by atoms with Crippen molar-refractivity contribution >= 4 is 33.3 Å². The summed E-state index contributed by atoms with van der Waals surface area (Å²) in [6.07, 6.45) is 3.42. The van der Waals surface area contributed by atoms with Crippen molar-refractivity contribution in [2.75, 3.05) is 24.7 Å². The molecule has 0 unspecified atom stereocenters. The first kappa shape index (κ1) is 21.8. The lowest BCUT2D eigenvalue weighted by atomic mass is 9.99. The Morgan fingerprint density at radius 1 is 0.969 bits per heavy atom. The van der Waals surface area contributed by atoms with E-state index in [1.54, 1.807) is 23.1 Å². The number of sulfonamides is 1. The maximum absolute atomic E-state index is 13.4. The highest BCUT2D eigenvalue weighted by Gasteiger charge is 2.24. The van der Waals surface area contributed by atoms with Crippen molar-refractivity contribution in [3.05, 3.63) is 71.0 Å². The summed E-state index contributed by atoms with van der Waals surface area (Å²) in [6, 6.07) is 11.1. The minimum absolute atomic E-state index is 0.251. The molecule has 2 aromatic carbocycles. The van der Waals surface area contributed by atoms with Gasteiger partial charge in [-0.3, -0.25) is 0 Å². The zero-order valence-electron chi connectivity index (χ0n) is 17.5. The molecule has 0 atom stereocenters. The Morgan fingerprint density at radius 2 is 1.69 bits per heavy atom. The lowest BCUT2D eigenvalue weighted by molar-refractivity contribution is 0.209. The van der Waals surface area contributed by atoms with Gasteiger partial charge >= 0.3 is 12.1 Å². The van der Waals surface area contributed by atoms with Crippen molar-refractivity contribution in [2.45, 2.75) is 19.5 Å². The monoisotopic (exact) mass is 458 g/mol. The van der Waals surface area contributed by atoms with Crippen molar-refractivity contribution < 1.29 is 22.4 Å². The van der Waals surface area contributed by atoms with Gasteiger partial charge in [0.05, 0.1) is 6.26 Å². The number of fused-ring (bicyclic) bond motifs is 1. The lowest BCUT2D eigenvalue weighted by Gasteiger charge is -2.26. The van der Waals surface area contributed by atoms with Gasteiger partial charge in [0.2, 0.25) is 10.0 Å². The third-order valence-electron chi connectivity index (χ3n) is 5.45. The Bertz CT molecular complexity index is 1190. The summed E-state index contributed by atoms with van der Waals surface area (Å²) < 4.78 is 37.8. The summed E-state index contributed by atoms with van der Waals surface area (Å²) in [7, 11) is -3.59. The van der Waals surface area contributed by atoms with E-state index in [0.29, 0.717) is 38.3 Å². The molecule has 4 amide bonds. The van der Waals surface area contributed by atoms with Crippen LogP contribution in [-0.2, 0) is 23.1 Å². The molecule has 0 saturated heterocycles. The van der Waals surface area contributed by atoms with Crippen LogP contribution in [0.4, 0.5) is 19.7 Å². The maximum Gasteiger partial charge on any atom is 0.331 e. The van der Waals surface area contributed by atoms with Crippen LogP contribution < -0.4 is 10.0 Å². The summed E-state index contributed by atoms with van der Waals surface area (Å²) in [6.45, 7) is 1.52. The Kier molecular flexibility index (Phi) is 5.88. The fraction of sp³-hybridized carbons (Fsp3) is 0.273. The predicted molar refractivity (Wildman–Crippen MR) is 119 cm³/mol. The van der Waals surface area contributed by atoms with Crippen LogP contribution in [0.1, 0.15) is 23.1 Å². The Hall–Kier alpha value is -3.40. The molecule has 0 saturated carbocycles. The Balaban J connectivity index is 1.34. The van der Waals surface area contributed by atoms with Crippen LogP contribution in [0.3, 0.4) is 0 Å². The van der Waals surface area contributed by atoms with E-state index in [-0.39, 0.29) is 11.8 Å². The van der Waals surface area contributed by atoms with E-state index in [2.05, 4.69) is 5.32 Å². The fourth-order valence-electron chi connectivity index (χ4n) is 3.82. The van der Waals surface area contributed by atoms with E-state index in [0.717, 1.165) is 28.5 Å². The third kappa shape index (κ3) is 5.08. The number of halogens is 1. The summed E-state index contributed by atoms with van der Waals surface area (Å²) in [4.78, 5) is 27.6. The SMILES string of the molecule is CS(=O)(=O)NC(=O)N1CC=C(c2ccc(NC(=O)N3Cc4ccc(F)cc4C3)cc2)CC1. The Morgan fingerprint density at radius 3 is 2.34 bits per heavy atom. The van der Waals surface area contributed by atoms with Gasteiger partial charge in [-0.15, -0.1) is 0 Å². The molecule has 0 radical (unpaired) electrons. The summed E-state index contributed by atoms with van der Waals surface area (Å²) >= 11 is 0. The smallest absolute Gasteiger partial charge is 0.320 e. The molecule has 2 aliphatic rings. The molecule has 8 nitrogen and oxygen atoms in total. The first-order valence-electron chi connectivity index (χ1n) is 10.1. The number of anilines is 1. The molecule has 0 aliphatic carbocycles. The molecule has 0 bridgehead atoms. The number of benzene rings is 2. The van der Waals surface area contributed by atoms with Crippen LogP contribution >= 0.6 is 0 Å². The van der Waals surface area contributed by atoms with Crippen LogP contribution in [0.15, 0.2) is 48.5 Å². The minimum atomic E-state index is -3.59. The van der Waals surface area contributed by atoms with Gasteiger partial charge in [-0.2, -0.15) is 0 Å². The lowest BCUT2D eigenvalue weighted by Crippen LogP contribution is -2.44. The quantitative estimate of drug-likeness (QED) is 0.738. The van der Waals surface area contributed by atoms with Gasteiger partial charge in [-0.25, -0.2) is 27.1 Å². The second-order valence-corrected chi connectivity index (χ2v) is 9.63. The van der Waals surface area contributed by atoms with Crippen molar-refractivity contribution in [3.63, 3.8) is 0 Å². The number of urea groups is 2. The zero-order chi connectivity index (χ0) is 22.9. The highest BCUT2D eigenvalue weighted by atomic mass is 32.2. The van der Waals surface area contributed by atoms with E-state index < -0.39 is 16.1 Å². The standard InChI is InChI=1S/C22H23FN4O4S/c1-32(30,31)25-22(29)26-10-8-16(9-11-26)15-3-6-20(7-4-15)24-21(28)27-13-17-2-5-19(23)12-18(17)14-27/h2-8,12H,9-11,13-14H2,1H3,(H,24,28)(H,25,29). The first-order chi connectivity index (χ1) is 15.2. The van der Waals surface area contributed by atoms with Crippen molar-refractivity contribution in [1.82, 2.24) is 14.5 Å². The van der Waals surface area contributed by atoms with Gasteiger partial charge in [-0.1, -0.05) is 24.3 Å². The van der Waals surface area contributed by atoms with Gasteiger partial charge in [0.1, 0.15) is 5.82 Å². The van der Waals surface area contributed by atoms with E-state index in [1.807, 2.05) is 22.9 Å². The van der Waals surface area contributed by atoms with E-state index in [1.165, 1.54) is 17.0 Å². The largest absolute Gasteiger partial charge is 0.331 e. The van der Waals surface area contributed by atoms with Crippen molar-refractivity contribution in [2.24, 2.45) is 0 Å². The van der Waals surface area contributed by atoms with Crippen LogP contribution in [-0.4, -0.2) is 49.6 Å². The van der Waals surface area contributed by atoms with Gasteiger partial charge in [0.15, 0.2) is 0 Å².